The first-order valence-electron chi connectivity index (χ1n) is 12.6. The summed E-state index contributed by atoms with van der Waals surface area (Å²) in [5.41, 5.74) is 3.49. The lowest BCUT2D eigenvalue weighted by molar-refractivity contribution is 0.420. The molecule has 0 radical (unpaired) electrons. The van der Waals surface area contributed by atoms with Crippen molar-refractivity contribution >= 4 is 0 Å². The van der Waals surface area contributed by atoms with E-state index in [1.165, 1.54) is 82.6 Å². The van der Waals surface area contributed by atoms with Gasteiger partial charge in [0.2, 0.25) is 0 Å². The van der Waals surface area contributed by atoms with Crippen molar-refractivity contribution in [2.75, 3.05) is 0 Å². The number of hydrogen-bond donors (Lipinski definition) is 1. The van der Waals surface area contributed by atoms with E-state index < -0.39 is 0 Å². The van der Waals surface area contributed by atoms with E-state index in [1.807, 2.05) is 6.08 Å². The molecule has 172 valence electrons. The number of aromatic hydroxyl groups is 1. The zero-order valence-electron chi connectivity index (χ0n) is 21.1. The van der Waals surface area contributed by atoms with Gasteiger partial charge in [-0.05, 0) is 47.6 Å². The molecule has 1 heteroatoms. The molecule has 0 bridgehead atoms. The minimum absolute atomic E-state index is 0.0335. The van der Waals surface area contributed by atoms with Crippen LogP contribution in [0.1, 0.15) is 135 Å². The monoisotopic (exact) mass is 414 g/mol. The Hall–Kier alpha value is -1.24. The second-order valence-electron chi connectivity index (χ2n) is 11.2. The molecule has 0 amide bonds. The summed E-state index contributed by atoms with van der Waals surface area (Å²) < 4.78 is 0. The number of benzene rings is 1. The Labute approximate surface area is 188 Å². The molecule has 1 aromatic rings. The Balaban J connectivity index is 2.35. The summed E-state index contributed by atoms with van der Waals surface area (Å²) in [6, 6.07) is 4.42. The normalized spacial score (nSPS) is 12.3. The third kappa shape index (κ3) is 9.71. The highest BCUT2D eigenvalue weighted by Crippen LogP contribution is 2.41. The van der Waals surface area contributed by atoms with Gasteiger partial charge in [-0.25, -0.2) is 0 Å². The summed E-state index contributed by atoms with van der Waals surface area (Å²) in [4.78, 5) is 0. The molecule has 0 aromatic heterocycles. The molecule has 0 aliphatic heterocycles. The van der Waals surface area contributed by atoms with Crippen LogP contribution in [-0.4, -0.2) is 5.11 Å². The third-order valence-electron chi connectivity index (χ3n) is 6.18. The minimum Gasteiger partial charge on any atom is -0.507 e. The van der Waals surface area contributed by atoms with E-state index >= 15 is 0 Å². The van der Waals surface area contributed by atoms with E-state index in [4.69, 9.17) is 0 Å². The molecule has 0 saturated carbocycles. The van der Waals surface area contributed by atoms with E-state index in [9.17, 15) is 5.11 Å². The van der Waals surface area contributed by atoms with Crippen molar-refractivity contribution in [3.8, 4) is 5.75 Å². The number of rotatable bonds is 14. The van der Waals surface area contributed by atoms with Crippen LogP contribution < -0.4 is 0 Å². The smallest absolute Gasteiger partial charge is 0.123 e. The quantitative estimate of drug-likeness (QED) is 0.237. The zero-order valence-corrected chi connectivity index (χ0v) is 21.1. The Kier molecular flexibility index (Phi) is 11.8. The molecule has 1 nitrogen and oxygen atoms in total. The van der Waals surface area contributed by atoms with E-state index in [-0.39, 0.29) is 10.8 Å². The van der Waals surface area contributed by atoms with Crippen molar-refractivity contribution < 1.29 is 5.11 Å². The highest BCUT2D eigenvalue weighted by atomic mass is 16.3. The predicted molar refractivity (Wildman–Crippen MR) is 135 cm³/mol. The standard InChI is InChI=1S/C29H50O/c1-8-9-10-11-12-13-14-15-16-17-18-19-20-21-24-22-23-25(28(2,3)4)27(30)26(24)29(5,6)7/h8,22-23,30H,1,9-21H2,2-7H3. The SMILES string of the molecule is C=CCCCCCCCCCCCCCc1ccc(C(C)(C)C)c(O)c1C(C)(C)C. The maximum absolute atomic E-state index is 11.0. The number of allylic oxidation sites excluding steroid dienone is 1. The van der Waals surface area contributed by atoms with Crippen LogP contribution in [-0.2, 0) is 17.3 Å². The van der Waals surface area contributed by atoms with Crippen molar-refractivity contribution in [2.45, 2.75) is 136 Å². The second-order valence-corrected chi connectivity index (χ2v) is 11.2. The molecule has 1 aromatic carbocycles. The Morgan fingerprint density at radius 1 is 0.700 bits per heavy atom. The Morgan fingerprint density at radius 3 is 1.60 bits per heavy atom. The first-order chi connectivity index (χ1) is 14.1. The second kappa shape index (κ2) is 13.2. The molecule has 0 saturated heterocycles. The highest BCUT2D eigenvalue weighted by Gasteiger charge is 2.27. The fourth-order valence-corrected chi connectivity index (χ4v) is 4.48. The molecule has 0 spiro atoms. The summed E-state index contributed by atoms with van der Waals surface area (Å²) in [5.74, 6) is 0.525. The first-order valence-corrected chi connectivity index (χ1v) is 12.6. The number of unbranched alkanes of at least 4 members (excludes halogenated alkanes) is 11. The van der Waals surface area contributed by atoms with Gasteiger partial charge in [-0.2, -0.15) is 0 Å². The molecule has 1 N–H and O–H groups in total. The molecule has 0 heterocycles. The van der Waals surface area contributed by atoms with Crippen LogP contribution >= 0.6 is 0 Å². The van der Waals surface area contributed by atoms with Gasteiger partial charge in [-0.1, -0.05) is 118 Å². The summed E-state index contributed by atoms with van der Waals surface area (Å²) in [5, 5.41) is 11.0. The van der Waals surface area contributed by atoms with E-state index in [1.54, 1.807) is 0 Å². The molecule has 0 unspecified atom stereocenters. The van der Waals surface area contributed by atoms with Gasteiger partial charge in [0.1, 0.15) is 5.75 Å². The molecular weight excluding hydrogens is 364 g/mol. The van der Waals surface area contributed by atoms with Gasteiger partial charge in [-0.3, -0.25) is 0 Å². The number of phenolic OH excluding ortho intramolecular Hbond substituents is 1. The van der Waals surface area contributed by atoms with Gasteiger partial charge in [0, 0.05) is 5.56 Å². The van der Waals surface area contributed by atoms with Crippen molar-refractivity contribution in [3.63, 3.8) is 0 Å². The molecule has 0 aliphatic rings. The van der Waals surface area contributed by atoms with E-state index in [0.717, 1.165) is 17.5 Å². The van der Waals surface area contributed by atoms with Gasteiger partial charge >= 0.3 is 0 Å². The summed E-state index contributed by atoms with van der Waals surface area (Å²) in [7, 11) is 0. The predicted octanol–water partition coefficient (Wildman–Crippen LogP) is 9.40. The molecule has 0 aliphatic carbocycles. The number of aryl methyl sites for hydroxylation is 1. The lowest BCUT2D eigenvalue weighted by Gasteiger charge is -2.29. The lowest BCUT2D eigenvalue weighted by Crippen LogP contribution is -2.19. The summed E-state index contributed by atoms with van der Waals surface area (Å²) in [6.07, 6.45) is 19.2. The number of hydrogen-bond acceptors (Lipinski definition) is 1. The van der Waals surface area contributed by atoms with Gasteiger partial charge < -0.3 is 5.11 Å². The van der Waals surface area contributed by atoms with Crippen LogP contribution in [0.25, 0.3) is 0 Å². The van der Waals surface area contributed by atoms with Crippen LogP contribution in [0.5, 0.6) is 5.75 Å². The average Bonchev–Trinajstić information content (AvgIpc) is 2.63. The largest absolute Gasteiger partial charge is 0.507 e. The fourth-order valence-electron chi connectivity index (χ4n) is 4.48. The Bertz CT molecular complexity index is 612. The van der Waals surface area contributed by atoms with Gasteiger partial charge in [0.05, 0.1) is 0 Å². The zero-order chi connectivity index (χ0) is 22.6. The first kappa shape index (κ1) is 26.8. The van der Waals surface area contributed by atoms with Gasteiger partial charge in [-0.15, -0.1) is 6.58 Å². The van der Waals surface area contributed by atoms with Crippen LogP contribution in [0.4, 0.5) is 0 Å². The maximum Gasteiger partial charge on any atom is 0.123 e. The molecule has 1 rings (SSSR count). The topological polar surface area (TPSA) is 20.2 Å². The number of phenols is 1. The van der Waals surface area contributed by atoms with Crippen LogP contribution in [0, 0.1) is 0 Å². The minimum atomic E-state index is -0.0354. The van der Waals surface area contributed by atoms with Crippen LogP contribution in [0.15, 0.2) is 24.8 Å². The molecule has 0 atom stereocenters. The molecule has 30 heavy (non-hydrogen) atoms. The van der Waals surface area contributed by atoms with Gasteiger partial charge in [0.15, 0.2) is 0 Å². The fraction of sp³-hybridized carbons (Fsp3) is 0.724. The summed E-state index contributed by atoms with van der Waals surface area (Å²) >= 11 is 0. The van der Waals surface area contributed by atoms with Gasteiger partial charge in [0.25, 0.3) is 0 Å². The molecular formula is C29H50O. The highest BCUT2D eigenvalue weighted by molar-refractivity contribution is 5.51. The van der Waals surface area contributed by atoms with E-state index in [2.05, 4.69) is 60.3 Å². The van der Waals surface area contributed by atoms with Crippen LogP contribution in [0.2, 0.25) is 0 Å². The Morgan fingerprint density at radius 2 is 1.17 bits per heavy atom. The van der Waals surface area contributed by atoms with Crippen molar-refractivity contribution in [2.24, 2.45) is 0 Å². The average molecular weight is 415 g/mol. The van der Waals surface area contributed by atoms with Crippen molar-refractivity contribution in [1.82, 2.24) is 0 Å². The molecule has 0 fully saturated rings. The lowest BCUT2D eigenvalue weighted by atomic mass is 9.76. The summed E-state index contributed by atoms with van der Waals surface area (Å²) in [6.45, 7) is 17.0. The third-order valence-corrected chi connectivity index (χ3v) is 6.18. The van der Waals surface area contributed by atoms with Crippen molar-refractivity contribution in [3.05, 3.63) is 41.5 Å². The maximum atomic E-state index is 11.0. The van der Waals surface area contributed by atoms with Crippen molar-refractivity contribution in [1.29, 1.82) is 0 Å². The van der Waals surface area contributed by atoms with E-state index in [0.29, 0.717) is 5.75 Å². The van der Waals surface area contributed by atoms with Crippen LogP contribution in [0.3, 0.4) is 0 Å².